The summed E-state index contributed by atoms with van der Waals surface area (Å²) in [5.74, 6) is 0. The lowest BCUT2D eigenvalue weighted by atomic mass is 10.4. The molecule has 7 nitrogen and oxygen atoms in total. The molecule has 0 radical (unpaired) electrons. The van der Waals surface area contributed by atoms with Crippen LogP contribution in [0, 0.1) is 0 Å². The minimum Gasteiger partial charge on any atom is -0.398 e. The average Bonchev–Trinajstić information content (AvgIpc) is 2.86. The van der Waals surface area contributed by atoms with E-state index in [9.17, 15) is 13.2 Å². The molecule has 0 atom stereocenters. The number of nitrogen functional groups attached to an aromatic ring is 1. The van der Waals surface area contributed by atoms with Crippen LogP contribution in [0.2, 0.25) is 0 Å². The lowest BCUT2D eigenvalue weighted by Gasteiger charge is -2.33. The number of urea groups is 1. The minimum atomic E-state index is -3.49. The Bertz CT molecular complexity index is 576. The Labute approximate surface area is 122 Å². The summed E-state index contributed by atoms with van der Waals surface area (Å²) in [6, 6.07) is 1.32. The van der Waals surface area contributed by atoms with Crippen LogP contribution in [-0.2, 0) is 10.0 Å². The highest BCUT2D eigenvalue weighted by Gasteiger charge is 2.30. The van der Waals surface area contributed by atoms with Crippen LogP contribution in [0.15, 0.2) is 15.7 Å². The van der Waals surface area contributed by atoms with Crippen LogP contribution in [0.3, 0.4) is 0 Å². The van der Waals surface area contributed by atoms with E-state index in [2.05, 4.69) is 5.32 Å². The molecule has 1 aliphatic rings. The monoisotopic (exact) mass is 318 g/mol. The Morgan fingerprint density at radius 2 is 2.05 bits per heavy atom. The van der Waals surface area contributed by atoms with Crippen molar-refractivity contribution in [1.82, 2.24) is 14.5 Å². The fourth-order valence-corrected chi connectivity index (χ4v) is 4.64. The molecular weight excluding hydrogens is 300 g/mol. The number of rotatable bonds is 3. The number of carbonyl (C=O) groups is 1. The summed E-state index contributed by atoms with van der Waals surface area (Å²) in [6.07, 6.45) is 0. The molecule has 1 aromatic rings. The maximum absolute atomic E-state index is 12.4. The standard InChI is InChI=1S/C11H18N4O3S2/c1-2-13-11(16)14-3-5-15(6-4-14)20(17,18)10-7-9(12)8-19-10/h7-8H,2-6,12H2,1H3,(H,13,16). The van der Waals surface area contributed by atoms with Gasteiger partial charge < -0.3 is 16.0 Å². The van der Waals surface area contributed by atoms with Gasteiger partial charge in [-0.05, 0) is 13.0 Å². The Hall–Kier alpha value is -1.32. The van der Waals surface area contributed by atoms with Gasteiger partial charge in [0.05, 0.1) is 0 Å². The predicted octanol–water partition coefficient (Wildman–Crippen LogP) is 0.366. The van der Waals surface area contributed by atoms with Gasteiger partial charge in [0.25, 0.3) is 10.0 Å². The summed E-state index contributed by atoms with van der Waals surface area (Å²) < 4.78 is 26.4. The summed E-state index contributed by atoms with van der Waals surface area (Å²) in [6.45, 7) is 3.80. The van der Waals surface area contributed by atoms with E-state index >= 15 is 0 Å². The van der Waals surface area contributed by atoms with E-state index in [4.69, 9.17) is 5.73 Å². The molecule has 112 valence electrons. The lowest BCUT2D eigenvalue weighted by Crippen LogP contribution is -2.52. The van der Waals surface area contributed by atoms with Crippen molar-refractivity contribution in [3.63, 3.8) is 0 Å². The molecule has 2 rings (SSSR count). The van der Waals surface area contributed by atoms with Crippen molar-refractivity contribution in [3.05, 3.63) is 11.4 Å². The summed E-state index contributed by atoms with van der Waals surface area (Å²) in [4.78, 5) is 13.3. The normalized spacial score (nSPS) is 17.1. The van der Waals surface area contributed by atoms with Crippen molar-refractivity contribution in [1.29, 1.82) is 0 Å². The van der Waals surface area contributed by atoms with Gasteiger partial charge in [-0.2, -0.15) is 4.31 Å². The van der Waals surface area contributed by atoms with Gasteiger partial charge in [-0.15, -0.1) is 11.3 Å². The van der Waals surface area contributed by atoms with Crippen molar-refractivity contribution in [2.45, 2.75) is 11.1 Å². The number of carbonyl (C=O) groups excluding carboxylic acids is 1. The number of hydrogen-bond acceptors (Lipinski definition) is 5. The molecular formula is C11H18N4O3S2. The van der Waals surface area contributed by atoms with E-state index in [1.54, 1.807) is 10.3 Å². The molecule has 1 aliphatic heterocycles. The highest BCUT2D eigenvalue weighted by molar-refractivity contribution is 7.91. The highest BCUT2D eigenvalue weighted by Crippen LogP contribution is 2.25. The molecule has 9 heteroatoms. The van der Waals surface area contributed by atoms with Crippen LogP contribution in [0.5, 0.6) is 0 Å². The Morgan fingerprint density at radius 1 is 1.40 bits per heavy atom. The van der Waals surface area contributed by atoms with Crippen molar-refractivity contribution in [2.75, 3.05) is 38.5 Å². The third kappa shape index (κ3) is 3.05. The second-order valence-corrected chi connectivity index (χ2v) is 7.50. The molecule has 2 amide bonds. The van der Waals surface area contributed by atoms with E-state index in [1.807, 2.05) is 6.92 Å². The van der Waals surface area contributed by atoms with Gasteiger partial charge in [0.1, 0.15) is 4.21 Å². The average molecular weight is 318 g/mol. The second-order valence-electron chi connectivity index (χ2n) is 4.43. The van der Waals surface area contributed by atoms with Gasteiger partial charge in [0.2, 0.25) is 0 Å². The predicted molar refractivity (Wildman–Crippen MR) is 78.1 cm³/mol. The maximum atomic E-state index is 12.4. The van der Waals surface area contributed by atoms with Crippen LogP contribution < -0.4 is 11.1 Å². The van der Waals surface area contributed by atoms with E-state index in [0.717, 1.165) is 11.3 Å². The number of nitrogens with zero attached hydrogens (tertiary/aromatic N) is 2. The largest absolute Gasteiger partial charge is 0.398 e. The Morgan fingerprint density at radius 3 is 2.55 bits per heavy atom. The van der Waals surface area contributed by atoms with E-state index in [-0.39, 0.29) is 10.2 Å². The van der Waals surface area contributed by atoms with Crippen LogP contribution in [0.1, 0.15) is 6.92 Å². The summed E-state index contributed by atoms with van der Waals surface area (Å²) in [5.41, 5.74) is 6.02. The molecule has 1 saturated heterocycles. The van der Waals surface area contributed by atoms with Crippen LogP contribution in [0.25, 0.3) is 0 Å². The van der Waals surface area contributed by atoms with Gasteiger partial charge in [-0.25, -0.2) is 13.2 Å². The molecule has 0 aromatic carbocycles. The SMILES string of the molecule is CCNC(=O)N1CCN(S(=O)(=O)c2cc(N)cs2)CC1. The zero-order valence-corrected chi connectivity index (χ0v) is 12.8. The van der Waals surface area contributed by atoms with Crippen LogP contribution >= 0.6 is 11.3 Å². The molecule has 1 fully saturated rings. The second kappa shape index (κ2) is 5.98. The topological polar surface area (TPSA) is 95.7 Å². The highest BCUT2D eigenvalue weighted by atomic mass is 32.2. The first-order chi connectivity index (χ1) is 9.45. The van der Waals surface area contributed by atoms with Crippen molar-refractivity contribution >= 4 is 33.1 Å². The zero-order valence-electron chi connectivity index (χ0n) is 11.2. The van der Waals surface area contributed by atoms with Crippen LogP contribution in [0.4, 0.5) is 10.5 Å². The van der Waals surface area contributed by atoms with E-state index in [1.165, 1.54) is 10.4 Å². The first-order valence-electron chi connectivity index (χ1n) is 6.32. The first-order valence-corrected chi connectivity index (χ1v) is 8.64. The van der Waals surface area contributed by atoms with Gasteiger partial charge in [-0.1, -0.05) is 0 Å². The number of nitrogens with two attached hydrogens (primary N) is 1. The number of nitrogens with one attached hydrogen (secondary N) is 1. The molecule has 2 heterocycles. The van der Waals surface area contributed by atoms with E-state index in [0.29, 0.717) is 38.4 Å². The lowest BCUT2D eigenvalue weighted by molar-refractivity contribution is 0.173. The number of amides is 2. The Kier molecular flexibility index (Phi) is 4.51. The number of sulfonamides is 1. The summed E-state index contributed by atoms with van der Waals surface area (Å²) in [5, 5.41) is 4.32. The van der Waals surface area contributed by atoms with Gasteiger partial charge in [-0.3, -0.25) is 0 Å². The summed E-state index contributed by atoms with van der Waals surface area (Å²) >= 11 is 1.12. The van der Waals surface area contributed by atoms with Gasteiger partial charge in [0, 0.05) is 43.8 Å². The number of thiophene rings is 1. The molecule has 0 spiro atoms. The van der Waals surface area contributed by atoms with Gasteiger partial charge >= 0.3 is 6.03 Å². The van der Waals surface area contributed by atoms with Crippen LogP contribution in [-0.4, -0.2) is 56.4 Å². The van der Waals surface area contributed by atoms with Crippen molar-refractivity contribution < 1.29 is 13.2 Å². The van der Waals surface area contributed by atoms with Gasteiger partial charge in [0.15, 0.2) is 0 Å². The quantitative estimate of drug-likeness (QED) is 0.841. The molecule has 1 aromatic heterocycles. The molecule has 0 bridgehead atoms. The minimum absolute atomic E-state index is 0.148. The molecule has 0 saturated carbocycles. The first kappa shape index (κ1) is 15.1. The summed E-state index contributed by atoms with van der Waals surface area (Å²) in [7, 11) is -3.49. The van der Waals surface area contributed by atoms with Crippen molar-refractivity contribution in [2.24, 2.45) is 0 Å². The number of hydrogen-bond donors (Lipinski definition) is 2. The zero-order chi connectivity index (χ0) is 14.8. The number of piperazine rings is 1. The Balaban J connectivity index is 2.02. The van der Waals surface area contributed by atoms with Crippen molar-refractivity contribution in [3.8, 4) is 0 Å². The number of anilines is 1. The molecule has 0 unspecified atom stereocenters. The molecule has 3 N–H and O–H groups in total. The smallest absolute Gasteiger partial charge is 0.317 e. The maximum Gasteiger partial charge on any atom is 0.317 e. The fraction of sp³-hybridized carbons (Fsp3) is 0.545. The third-order valence-electron chi connectivity index (χ3n) is 3.04. The third-order valence-corrected chi connectivity index (χ3v) is 6.38. The molecule has 0 aliphatic carbocycles. The molecule has 20 heavy (non-hydrogen) atoms. The van der Waals surface area contributed by atoms with E-state index < -0.39 is 10.0 Å². The fourth-order valence-electron chi connectivity index (χ4n) is 1.99.